The molecule has 0 bridgehead atoms. The van der Waals surface area contributed by atoms with Crippen LogP contribution in [0.5, 0.6) is 0 Å². The lowest BCUT2D eigenvalue weighted by molar-refractivity contribution is -0.339. The van der Waals surface area contributed by atoms with Crippen LogP contribution in [0.25, 0.3) is 0 Å². The summed E-state index contributed by atoms with van der Waals surface area (Å²) in [5.41, 5.74) is 5.66. The molecule has 5 rings (SSSR count). The Bertz CT molecular complexity index is 3190. The zero-order valence-corrected chi connectivity index (χ0v) is 62.5. The highest BCUT2D eigenvalue weighted by atomic mass is 16.7. The molecule has 0 spiro atoms. The second-order valence-corrected chi connectivity index (χ2v) is 28.3. The van der Waals surface area contributed by atoms with E-state index in [1.54, 1.807) is 0 Å². The molecule has 45 heteroatoms. The van der Waals surface area contributed by atoms with Crippen LogP contribution in [0.3, 0.4) is 0 Å². The summed E-state index contributed by atoms with van der Waals surface area (Å²) >= 11 is 0. The van der Waals surface area contributed by atoms with E-state index >= 15 is 0 Å². The zero-order valence-electron chi connectivity index (χ0n) is 62.5. The monoisotopic (exact) mass is 1580 g/mol. The van der Waals surface area contributed by atoms with Gasteiger partial charge in [0.15, 0.2) is 18.9 Å². The van der Waals surface area contributed by atoms with E-state index in [-0.39, 0.29) is 38.8 Å². The first-order valence-electron chi connectivity index (χ1n) is 35.8. The lowest BCUT2D eigenvalue weighted by Gasteiger charge is -2.49. The molecule has 45 nitrogen and oxygen atoms in total. The molecule has 0 aliphatic carbocycles. The molecule has 25 N–H and O–H groups in total. The number of carbonyl (C=O) groups is 13. The van der Waals surface area contributed by atoms with E-state index in [4.69, 9.17) is 34.2 Å². The number of hydrogen-bond acceptors (Lipinski definition) is 32. The number of amides is 12. The van der Waals surface area contributed by atoms with Crippen LogP contribution in [-0.4, -0.2) is 375 Å². The first-order chi connectivity index (χ1) is 51.4. The fourth-order valence-electron chi connectivity index (χ4n) is 13.0. The van der Waals surface area contributed by atoms with Crippen molar-refractivity contribution in [3.8, 4) is 0 Å². The van der Waals surface area contributed by atoms with Crippen LogP contribution < -0.4 is 58.9 Å². The third kappa shape index (κ3) is 24.2. The zero-order chi connectivity index (χ0) is 82.9. The Hall–Kier alpha value is -7.65. The molecule has 12 amide bonds. The van der Waals surface area contributed by atoms with Gasteiger partial charge in [-0.05, 0) is 73.1 Å². The van der Waals surface area contributed by atoms with Crippen LogP contribution in [0.2, 0.25) is 0 Å². The summed E-state index contributed by atoms with van der Waals surface area (Å²) in [4.78, 5) is 178. The number of aliphatic carboxylic acids is 1. The van der Waals surface area contributed by atoms with E-state index in [0.29, 0.717) is 0 Å². The number of nitrogens with two attached hydrogens (primary N) is 1. The number of nitrogens with zero attached hydrogens (tertiary/aromatic N) is 2. The molecule has 0 radical (unpaired) electrons. The number of aliphatic hydroxyl groups excluding tert-OH is 12. The first kappa shape index (κ1) is 93.0. The molecule has 5 fully saturated rings. The topological polar surface area (TPSA) is 693 Å². The van der Waals surface area contributed by atoms with Gasteiger partial charge >= 0.3 is 5.97 Å². The SMILES string of the molecule is CC(=O)N[C@H]1[C@H](OC[C@H]2O[C@H](O[C@H](C)[C@H](NC(=O)[C@@H]3CCCN3C(=O)[C@@H](NC(=O)[C@@H]3CCCN3C(=O)[C@@H](NC(=O)[C@@H](NC(=O)[C@@H](NC(=O)[C@@H](NC(=O)[C@@H](N)[C@@H](C)O)[C@@H](C)O)[C@@H](C)O)C(C)C)[C@@H](C)O)[C@@H](C)O)C(=O)NCC(=O)O)[C@H](NC(C)=O)[C@@H](O[C@@H]3O[C@H](CO)[C@@H](O)[C@H](O)[C@H]3NC(C)=O)[C@H]2O)O[C@H](CO)[C@@H](O)[C@@H]1O. The Morgan fingerprint density at radius 2 is 0.855 bits per heavy atom. The van der Waals surface area contributed by atoms with Crippen molar-refractivity contribution in [3.63, 3.8) is 0 Å². The van der Waals surface area contributed by atoms with E-state index in [2.05, 4.69) is 53.2 Å². The summed E-state index contributed by atoms with van der Waals surface area (Å²) in [6, 6.07) is -20.7. The quantitative estimate of drug-likeness (QED) is 0.0277. The van der Waals surface area contributed by atoms with E-state index in [0.717, 1.165) is 65.2 Å². The lowest BCUT2D eigenvalue weighted by atomic mass is 9.94. The standard InChI is InChI=1S/C65H109N13O32/c1-22(2)39(71-59(101)41(25(5)83)73-60(102)40(24(4)82)72-56(98)38(66)23(3)81)58(100)75-43(27(7)85)62(104)77-16-12-14-32(77)54(96)74-42(26(6)84)61(103)78-17-13-15-33(78)55(97)76-44(57(99)67-18-37(89)90)28(8)106-65-47(70-31(11)88)53(110-64-46(69-30(10)87)52(95)49(92)35(20-80)108-64)50(93)36(109-65)21-105-63-45(68-29(9)86)51(94)48(91)34(19-79)107-63/h22-28,32-36,38-53,63-65,79-85,91-95H,12-21,66H2,1-11H3,(H,67,99)(H,68,86)(H,69,87)(H,70,88)(H,71,101)(H,72,98)(H,73,102)(H,74,96)(H,75,100)(H,76,97)(H,89,90)/t23-,24-,25-,26-,27-,28-,32+,33+,34-,35-,36-,38+,39+,40+,41+,42+,43+,44+,45-,46-,47-,48-,49-,50+,51-,52-,53-,63-,64+,65+/m1/s1. The average molecular weight is 1580 g/mol. The van der Waals surface area contributed by atoms with Crippen LogP contribution >= 0.6 is 0 Å². The van der Waals surface area contributed by atoms with Gasteiger partial charge in [-0.2, -0.15) is 0 Å². The van der Waals surface area contributed by atoms with Crippen molar-refractivity contribution >= 4 is 76.9 Å². The maximum absolute atomic E-state index is 14.8. The van der Waals surface area contributed by atoms with E-state index in [1.807, 2.05) is 0 Å². The van der Waals surface area contributed by atoms with Crippen molar-refractivity contribution < 1.29 is 157 Å². The van der Waals surface area contributed by atoms with Crippen LogP contribution in [0.1, 0.15) is 102 Å². The number of aliphatic hydroxyl groups is 12. The minimum absolute atomic E-state index is 0.0672. The van der Waals surface area contributed by atoms with Gasteiger partial charge in [0.05, 0.1) is 56.4 Å². The van der Waals surface area contributed by atoms with Gasteiger partial charge in [0.25, 0.3) is 0 Å². The third-order valence-electron chi connectivity index (χ3n) is 19.0. The van der Waals surface area contributed by atoms with Crippen molar-refractivity contribution in [2.45, 2.75) is 285 Å². The Balaban J connectivity index is 1.40. The van der Waals surface area contributed by atoms with Gasteiger partial charge in [-0.15, -0.1) is 0 Å². The van der Waals surface area contributed by atoms with Gasteiger partial charge in [0, 0.05) is 33.9 Å². The number of rotatable bonds is 36. The number of nitrogens with one attached hydrogen (secondary N) is 10. The number of ether oxygens (including phenoxy) is 6. The number of carboxylic acids is 1. The Labute approximate surface area is 631 Å². The molecule has 0 unspecified atom stereocenters. The summed E-state index contributed by atoms with van der Waals surface area (Å²) in [6.07, 6.45) is -32.3. The molecular weight excluding hydrogens is 1470 g/mol. The van der Waals surface area contributed by atoms with Crippen LogP contribution in [0, 0.1) is 5.92 Å². The molecular formula is C65H109N13O32. The molecule has 0 aromatic carbocycles. The summed E-state index contributed by atoms with van der Waals surface area (Å²) < 4.78 is 36.2. The molecule has 0 saturated carbocycles. The van der Waals surface area contributed by atoms with Crippen LogP contribution in [0.4, 0.5) is 0 Å². The highest BCUT2D eigenvalue weighted by molar-refractivity contribution is 5.99. The van der Waals surface area contributed by atoms with Gasteiger partial charge < -0.3 is 164 Å². The maximum Gasteiger partial charge on any atom is 0.322 e. The second-order valence-electron chi connectivity index (χ2n) is 28.3. The van der Waals surface area contributed by atoms with Crippen LogP contribution in [-0.2, 0) is 90.8 Å². The van der Waals surface area contributed by atoms with Gasteiger partial charge in [0.2, 0.25) is 70.9 Å². The first-order valence-corrected chi connectivity index (χ1v) is 35.8. The number of hydrogen-bond donors (Lipinski definition) is 24. The Kier molecular flexibility index (Phi) is 35.3. The Morgan fingerprint density at radius 3 is 1.28 bits per heavy atom. The number of likely N-dealkylation sites (tertiary alicyclic amines) is 2. The summed E-state index contributed by atoms with van der Waals surface area (Å²) in [7, 11) is 0. The molecule has 0 aromatic heterocycles. The van der Waals surface area contributed by atoms with Crippen LogP contribution in [0.15, 0.2) is 0 Å². The summed E-state index contributed by atoms with van der Waals surface area (Å²) in [6.45, 7) is 8.51. The third-order valence-corrected chi connectivity index (χ3v) is 19.0. The molecule has 5 saturated heterocycles. The van der Waals surface area contributed by atoms with Gasteiger partial charge in [-0.3, -0.25) is 62.3 Å². The van der Waals surface area contributed by atoms with Crippen molar-refractivity contribution in [1.82, 2.24) is 63.0 Å². The van der Waals surface area contributed by atoms with Gasteiger partial charge in [0.1, 0.15) is 134 Å². The van der Waals surface area contributed by atoms with E-state index in [1.165, 1.54) is 20.8 Å². The average Bonchev–Trinajstić information content (AvgIpc) is 1.44. The minimum Gasteiger partial charge on any atom is -0.480 e. The largest absolute Gasteiger partial charge is 0.480 e. The number of carbonyl (C=O) groups excluding carboxylic acids is 12. The molecule has 5 heterocycles. The second kappa shape index (κ2) is 41.8. The normalized spacial score (nSPS) is 30.5. The van der Waals surface area contributed by atoms with Crippen molar-refractivity contribution in [3.05, 3.63) is 0 Å². The highest BCUT2D eigenvalue weighted by Gasteiger charge is 2.55. The van der Waals surface area contributed by atoms with Gasteiger partial charge in [-0.25, -0.2) is 0 Å². The van der Waals surface area contributed by atoms with E-state index < -0.39 is 292 Å². The predicted molar refractivity (Wildman–Crippen MR) is 367 cm³/mol. The minimum atomic E-state index is -2.10. The molecule has 30 atom stereocenters. The molecule has 0 aromatic rings. The molecule has 5 aliphatic rings. The van der Waals surface area contributed by atoms with Crippen molar-refractivity contribution in [2.75, 3.05) is 39.5 Å². The summed E-state index contributed by atoms with van der Waals surface area (Å²) in [5.74, 6) is -15.0. The fourth-order valence-corrected chi connectivity index (χ4v) is 13.0. The predicted octanol–water partition coefficient (Wildman–Crippen LogP) is -13.7. The molecule has 110 heavy (non-hydrogen) atoms. The van der Waals surface area contributed by atoms with E-state index in [9.17, 15) is 129 Å². The number of carboxylic acid groups (broad SMARTS) is 1. The fraction of sp³-hybridized carbons (Fsp3) is 0.800. The molecule has 5 aliphatic heterocycles. The van der Waals surface area contributed by atoms with Crippen molar-refractivity contribution in [2.24, 2.45) is 11.7 Å². The molecule has 626 valence electrons. The Morgan fingerprint density at radius 1 is 0.464 bits per heavy atom. The van der Waals surface area contributed by atoms with Crippen molar-refractivity contribution in [1.29, 1.82) is 0 Å². The maximum atomic E-state index is 14.8. The smallest absolute Gasteiger partial charge is 0.322 e. The highest BCUT2D eigenvalue weighted by Crippen LogP contribution is 2.33. The van der Waals surface area contributed by atoms with Gasteiger partial charge in [-0.1, -0.05) is 13.8 Å². The lowest BCUT2D eigenvalue weighted by Crippen LogP contribution is -2.70. The summed E-state index contributed by atoms with van der Waals surface area (Å²) in [5, 5.41) is 162.